The van der Waals surface area contributed by atoms with Crippen LogP contribution in [0.25, 0.3) is 5.69 Å². The molecule has 2 heterocycles. The van der Waals surface area contributed by atoms with Crippen molar-refractivity contribution in [2.75, 3.05) is 6.54 Å². The molecule has 0 saturated carbocycles. The number of carboxylic acid groups (broad SMARTS) is 1. The number of benzene rings is 1. The molecule has 2 N–H and O–H groups in total. The number of aromatic nitrogens is 3. The standard InChI is InChI=1S/C18H17ClN4O4S/c1-12-6-7-16(21-11-12)28(26,27)17-10-13(8-9-20-18(24)25)22-23(17)15-5-3-2-4-14(15)19/h2-7,10-11,20H,8-9H2,1H3,(H,24,25). The highest BCUT2D eigenvalue weighted by molar-refractivity contribution is 7.91. The zero-order chi connectivity index (χ0) is 20.3. The Morgan fingerprint density at radius 3 is 2.64 bits per heavy atom. The number of hydrogen-bond acceptors (Lipinski definition) is 5. The van der Waals surface area contributed by atoms with E-state index in [-0.39, 0.29) is 23.0 Å². The third-order valence-corrected chi connectivity index (χ3v) is 5.85. The first-order valence-electron chi connectivity index (χ1n) is 8.27. The molecular weight excluding hydrogens is 404 g/mol. The summed E-state index contributed by atoms with van der Waals surface area (Å²) in [6.45, 7) is 1.90. The quantitative estimate of drug-likeness (QED) is 0.633. The van der Waals surface area contributed by atoms with Crippen LogP contribution < -0.4 is 5.32 Å². The van der Waals surface area contributed by atoms with E-state index in [2.05, 4.69) is 15.4 Å². The van der Waals surface area contributed by atoms with E-state index in [1.807, 2.05) is 6.92 Å². The van der Waals surface area contributed by atoms with Gasteiger partial charge in [0.2, 0.25) is 9.84 Å². The van der Waals surface area contributed by atoms with E-state index in [4.69, 9.17) is 16.7 Å². The number of halogens is 1. The minimum atomic E-state index is -3.98. The van der Waals surface area contributed by atoms with Crippen LogP contribution in [0.2, 0.25) is 5.02 Å². The molecule has 3 rings (SSSR count). The SMILES string of the molecule is Cc1ccc(S(=O)(=O)c2cc(CCNC(=O)O)nn2-c2ccccc2Cl)nc1. The van der Waals surface area contributed by atoms with Crippen molar-refractivity contribution in [2.45, 2.75) is 23.4 Å². The van der Waals surface area contributed by atoms with Crippen molar-refractivity contribution in [3.05, 3.63) is 64.9 Å². The molecule has 0 saturated heterocycles. The number of rotatable bonds is 6. The second-order valence-electron chi connectivity index (χ2n) is 6.00. The van der Waals surface area contributed by atoms with Crippen molar-refractivity contribution < 1.29 is 18.3 Å². The van der Waals surface area contributed by atoms with Gasteiger partial charge in [0.25, 0.3) is 0 Å². The monoisotopic (exact) mass is 420 g/mol. The minimum absolute atomic E-state index is 0.0944. The van der Waals surface area contributed by atoms with Crippen LogP contribution in [0, 0.1) is 6.92 Å². The summed E-state index contributed by atoms with van der Waals surface area (Å²) in [6, 6.07) is 11.2. The molecule has 8 nitrogen and oxygen atoms in total. The second-order valence-corrected chi connectivity index (χ2v) is 8.25. The summed E-state index contributed by atoms with van der Waals surface area (Å²) < 4.78 is 27.6. The lowest BCUT2D eigenvalue weighted by Gasteiger charge is -2.09. The Labute approximate surface area is 166 Å². The molecule has 0 aliphatic carbocycles. The van der Waals surface area contributed by atoms with Crippen LogP contribution in [0.5, 0.6) is 0 Å². The summed E-state index contributed by atoms with van der Waals surface area (Å²) in [6.07, 6.45) is 0.524. The zero-order valence-corrected chi connectivity index (χ0v) is 16.4. The van der Waals surface area contributed by atoms with Gasteiger partial charge in [-0.05, 0) is 36.8 Å². The van der Waals surface area contributed by atoms with Gasteiger partial charge in [-0.15, -0.1) is 0 Å². The van der Waals surface area contributed by atoms with Gasteiger partial charge in [-0.1, -0.05) is 29.8 Å². The first kappa shape index (κ1) is 19.8. The maximum Gasteiger partial charge on any atom is 0.404 e. The normalized spacial score (nSPS) is 11.4. The highest BCUT2D eigenvalue weighted by Gasteiger charge is 2.27. The summed E-state index contributed by atoms with van der Waals surface area (Å²) in [5.74, 6) is 0. The molecule has 0 aliphatic rings. The fraction of sp³-hybridized carbons (Fsp3) is 0.167. The van der Waals surface area contributed by atoms with E-state index in [9.17, 15) is 13.2 Å². The molecule has 10 heteroatoms. The lowest BCUT2D eigenvalue weighted by atomic mass is 10.3. The Morgan fingerprint density at radius 2 is 2.00 bits per heavy atom. The van der Waals surface area contributed by atoms with E-state index < -0.39 is 15.9 Å². The van der Waals surface area contributed by atoms with Crippen LogP contribution >= 0.6 is 11.6 Å². The molecule has 1 aromatic carbocycles. The Kier molecular flexibility index (Phi) is 5.66. The summed E-state index contributed by atoms with van der Waals surface area (Å²) in [5.41, 5.74) is 1.63. The van der Waals surface area contributed by atoms with Gasteiger partial charge in [-0.2, -0.15) is 5.10 Å². The van der Waals surface area contributed by atoms with Crippen molar-refractivity contribution in [2.24, 2.45) is 0 Å². The Morgan fingerprint density at radius 1 is 1.25 bits per heavy atom. The average Bonchev–Trinajstić information content (AvgIpc) is 3.07. The summed E-state index contributed by atoms with van der Waals surface area (Å²) >= 11 is 6.24. The molecule has 2 aromatic heterocycles. The molecule has 0 radical (unpaired) electrons. The van der Waals surface area contributed by atoms with Crippen LogP contribution in [-0.2, 0) is 16.3 Å². The van der Waals surface area contributed by atoms with Crippen LogP contribution in [-0.4, -0.2) is 40.9 Å². The predicted molar refractivity (Wildman–Crippen MR) is 103 cm³/mol. The summed E-state index contributed by atoms with van der Waals surface area (Å²) in [5, 5.41) is 15.4. The molecule has 0 bridgehead atoms. The van der Waals surface area contributed by atoms with E-state index >= 15 is 0 Å². The molecule has 0 atom stereocenters. The fourth-order valence-corrected chi connectivity index (χ4v) is 4.06. The number of sulfone groups is 1. The van der Waals surface area contributed by atoms with E-state index in [1.54, 1.807) is 30.3 Å². The minimum Gasteiger partial charge on any atom is -0.465 e. The number of amides is 1. The fourth-order valence-electron chi connectivity index (χ4n) is 2.54. The summed E-state index contributed by atoms with van der Waals surface area (Å²) in [7, 11) is -3.98. The average molecular weight is 421 g/mol. The summed E-state index contributed by atoms with van der Waals surface area (Å²) in [4.78, 5) is 14.7. The first-order chi connectivity index (χ1) is 13.3. The van der Waals surface area contributed by atoms with Gasteiger partial charge in [0.15, 0.2) is 10.1 Å². The van der Waals surface area contributed by atoms with Gasteiger partial charge in [0.1, 0.15) is 0 Å². The Bertz CT molecular complexity index is 1110. The van der Waals surface area contributed by atoms with E-state index in [1.165, 1.54) is 23.0 Å². The van der Waals surface area contributed by atoms with Crippen molar-refractivity contribution in [1.82, 2.24) is 20.1 Å². The van der Waals surface area contributed by atoms with Gasteiger partial charge < -0.3 is 10.4 Å². The van der Waals surface area contributed by atoms with Crippen molar-refractivity contribution in [3.8, 4) is 5.69 Å². The number of nitrogens with one attached hydrogen (secondary N) is 1. The van der Waals surface area contributed by atoms with E-state index in [0.29, 0.717) is 16.4 Å². The predicted octanol–water partition coefficient (Wildman–Crippen LogP) is 2.87. The van der Waals surface area contributed by atoms with Crippen LogP contribution in [0.15, 0.2) is 58.7 Å². The smallest absolute Gasteiger partial charge is 0.404 e. The van der Waals surface area contributed by atoms with Gasteiger partial charge in [-0.25, -0.2) is 22.9 Å². The molecule has 0 unspecified atom stereocenters. The van der Waals surface area contributed by atoms with Crippen LogP contribution in [0.1, 0.15) is 11.3 Å². The Balaban J connectivity index is 2.10. The Hall–Kier alpha value is -2.91. The van der Waals surface area contributed by atoms with Crippen molar-refractivity contribution >= 4 is 27.5 Å². The molecule has 146 valence electrons. The van der Waals surface area contributed by atoms with Gasteiger partial charge in [0.05, 0.1) is 16.4 Å². The number of aryl methyl sites for hydroxylation is 1. The van der Waals surface area contributed by atoms with Crippen molar-refractivity contribution in [3.63, 3.8) is 0 Å². The van der Waals surface area contributed by atoms with Gasteiger partial charge in [-0.3, -0.25) is 0 Å². The molecule has 0 aliphatic heterocycles. The topological polar surface area (TPSA) is 114 Å². The lowest BCUT2D eigenvalue weighted by molar-refractivity contribution is 0.194. The van der Waals surface area contributed by atoms with Crippen LogP contribution in [0.3, 0.4) is 0 Å². The lowest BCUT2D eigenvalue weighted by Crippen LogP contribution is -2.23. The molecular formula is C18H17ClN4O4S. The molecule has 3 aromatic rings. The number of pyridine rings is 1. The zero-order valence-electron chi connectivity index (χ0n) is 14.8. The third kappa shape index (κ3) is 4.15. The molecule has 28 heavy (non-hydrogen) atoms. The number of para-hydroxylation sites is 1. The van der Waals surface area contributed by atoms with E-state index in [0.717, 1.165) is 5.56 Å². The molecule has 0 spiro atoms. The third-order valence-electron chi connectivity index (χ3n) is 3.90. The van der Waals surface area contributed by atoms with Crippen LogP contribution in [0.4, 0.5) is 4.79 Å². The maximum atomic E-state index is 13.2. The van der Waals surface area contributed by atoms with Gasteiger partial charge in [0, 0.05) is 19.2 Å². The van der Waals surface area contributed by atoms with Gasteiger partial charge >= 0.3 is 6.09 Å². The highest BCUT2D eigenvalue weighted by atomic mass is 35.5. The second kappa shape index (κ2) is 7.99. The largest absolute Gasteiger partial charge is 0.465 e. The number of hydrogen-bond donors (Lipinski definition) is 2. The molecule has 1 amide bonds. The molecule has 0 fully saturated rings. The highest BCUT2D eigenvalue weighted by Crippen LogP contribution is 2.27. The number of nitrogens with zero attached hydrogens (tertiary/aromatic N) is 3. The van der Waals surface area contributed by atoms with Crippen molar-refractivity contribution in [1.29, 1.82) is 0 Å². The maximum absolute atomic E-state index is 13.2. The number of carbonyl (C=O) groups is 1. The first-order valence-corrected chi connectivity index (χ1v) is 10.1.